The van der Waals surface area contributed by atoms with Gasteiger partial charge in [0.05, 0.1) is 21.3 Å². The largest absolute Gasteiger partial charge is 0.497 e. The number of carbonyl (C=O) groups is 1. The number of aromatic nitrogens is 2. The number of carbonyl (C=O) groups excluding carboxylic acids is 1. The van der Waals surface area contributed by atoms with E-state index in [1.807, 2.05) is 54.2 Å². The molecule has 0 saturated carbocycles. The number of hydrogen-bond donors (Lipinski definition) is 1. The summed E-state index contributed by atoms with van der Waals surface area (Å²) in [6, 6.07) is 12.5. The third kappa shape index (κ3) is 5.00. The van der Waals surface area contributed by atoms with E-state index < -0.39 is 6.04 Å². The van der Waals surface area contributed by atoms with Crippen LogP contribution in [-0.4, -0.2) is 36.8 Å². The van der Waals surface area contributed by atoms with Gasteiger partial charge in [-0.15, -0.1) is 0 Å². The molecule has 156 valence electrons. The number of nitrogens with zero attached hydrogens (tertiary/aromatic N) is 2. The first kappa shape index (κ1) is 21.0. The maximum Gasteiger partial charge on any atom is 0.244 e. The summed E-state index contributed by atoms with van der Waals surface area (Å²) < 4.78 is 17.8. The van der Waals surface area contributed by atoms with E-state index >= 15 is 0 Å². The molecule has 0 saturated heterocycles. The molecule has 3 aromatic rings. The predicted molar refractivity (Wildman–Crippen MR) is 115 cm³/mol. The van der Waals surface area contributed by atoms with Crippen molar-refractivity contribution in [2.24, 2.45) is 7.05 Å². The predicted octanol–water partition coefficient (Wildman–Crippen LogP) is 3.36. The van der Waals surface area contributed by atoms with Gasteiger partial charge in [0.1, 0.15) is 29.1 Å². The summed E-state index contributed by atoms with van der Waals surface area (Å²) in [6.45, 7) is 0. The molecule has 1 atom stereocenters. The van der Waals surface area contributed by atoms with Crippen molar-refractivity contribution in [3.8, 4) is 17.2 Å². The van der Waals surface area contributed by atoms with Crippen LogP contribution in [0.15, 0.2) is 60.9 Å². The number of nitrogens with one attached hydrogen (secondary N) is 1. The normalized spacial score (nSPS) is 11.9. The van der Waals surface area contributed by atoms with Gasteiger partial charge >= 0.3 is 0 Å². The van der Waals surface area contributed by atoms with Gasteiger partial charge in [-0.05, 0) is 41.5 Å². The molecule has 1 unspecified atom stereocenters. The highest BCUT2D eigenvalue weighted by Crippen LogP contribution is 2.29. The number of benzene rings is 2. The van der Waals surface area contributed by atoms with Crippen LogP contribution in [0, 0.1) is 0 Å². The standard InChI is InChI=1S/C23H25N3O4/c1-26-12-11-24-23(26)22(17-13-19(29-3)15-20(14-17)30-4)25-21(27)10-7-16-5-8-18(28-2)9-6-16/h5-15,22H,1-4H3,(H,25,27). The van der Waals surface area contributed by atoms with Gasteiger partial charge in [-0.2, -0.15) is 0 Å². The van der Waals surface area contributed by atoms with Crippen molar-refractivity contribution in [2.75, 3.05) is 21.3 Å². The first-order valence-corrected chi connectivity index (χ1v) is 9.37. The smallest absolute Gasteiger partial charge is 0.244 e. The van der Waals surface area contributed by atoms with Gasteiger partial charge in [0.15, 0.2) is 0 Å². The van der Waals surface area contributed by atoms with Gasteiger partial charge < -0.3 is 24.1 Å². The molecule has 1 amide bonds. The maximum absolute atomic E-state index is 12.7. The average Bonchev–Trinajstić information content (AvgIpc) is 3.21. The van der Waals surface area contributed by atoms with E-state index in [4.69, 9.17) is 14.2 Å². The van der Waals surface area contributed by atoms with Gasteiger partial charge in [0.2, 0.25) is 5.91 Å². The van der Waals surface area contributed by atoms with Crippen LogP contribution in [0.3, 0.4) is 0 Å². The van der Waals surface area contributed by atoms with Crippen LogP contribution in [0.25, 0.3) is 6.08 Å². The Morgan fingerprint density at radius 1 is 1.00 bits per heavy atom. The average molecular weight is 407 g/mol. The number of aryl methyl sites for hydroxylation is 1. The number of ether oxygens (including phenoxy) is 3. The molecule has 0 aliphatic carbocycles. The molecule has 3 rings (SSSR count). The summed E-state index contributed by atoms with van der Waals surface area (Å²) >= 11 is 0. The van der Waals surface area contributed by atoms with Gasteiger partial charge in [-0.25, -0.2) is 4.98 Å². The second-order valence-electron chi connectivity index (χ2n) is 6.59. The van der Waals surface area contributed by atoms with E-state index in [1.165, 1.54) is 6.08 Å². The van der Waals surface area contributed by atoms with Crippen LogP contribution in [-0.2, 0) is 11.8 Å². The van der Waals surface area contributed by atoms with E-state index in [2.05, 4.69) is 10.3 Å². The summed E-state index contributed by atoms with van der Waals surface area (Å²) in [5, 5.41) is 3.03. The minimum Gasteiger partial charge on any atom is -0.497 e. The second kappa shape index (κ2) is 9.65. The number of rotatable bonds is 8. The molecule has 7 nitrogen and oxygen atoms in total. The first-order valence-electron chi connectivity index (χ1n) is 9.37. The zero-order valence-electron chi connectivity index (χ0n) is 17.5. The molecule has 0 aliphatic heterocycles. The summed E-state index contributed by atoms with van der Waals surface area (Å²) in [7, 11) is 6.67. The Labute approximate surface area is 175 Å². The minimum atomic E-state index is -0.484. The van der Waals surface area contributed by atoms with E-state index in [9.17, 15) is 4.79 Å². The van der Waals surface area contributed by atoms with Crippen molar-refractivity contribution in [1.82, 2.24) is 14.9 Å². The van der Waals surface area contributed by atoms with Crippen molar-refractivity contribution in [2.45, 2.75) is 6.04 Å². The van der Waals surface area contributed by atoms with Crippen molar-refractivity contribution in [3.63, 3.8) is 0 Å². The van der Waals surface area contributed by atoms with Crippen molar-refractivity contribution in [1.29, 1.82) is 0 Å². The lowest BCUT2D eigenvalue weighted by atomic mass is 10.0. The lowest BCUT2D eigenvalue weighted by molar-refractivity contribution is -0.117. The zero-order valence-corrected chi connectivity index (χ0v) is 17.5. The van der Waals surface area contributed by atoms with Crippen molar-refractivity contribution >= 4 is 12.0 Å². The van der Waals surface area contributed by atoms with E-state index in [0.717, 1.165) is 16.9 Å². The summed E-state index contributed by atoms with van der Waals surface area (Å²) in [6.07, 6.45) is 6.77. The Balaban J connectivity index is 1.87. The molecular formula is C23H25N3O4. The molecule has 0 spiro atoms. The molecule has 1 aromatic heterocycles. The number of hydrogen-bond acceptors (Lipinski definition) is 5. The van der Waals surface area contributed by atoms with Crippen LogP contribution in [0.2, 0.25) is 0 Å². The summed E-state index contributed by atoms with van der Waals surface area (Å²) in [5.41, 5.74) is 1.69. The third-order valence-electron chi connectivity index (χ3n) is 4.65. The molecule has 2 aromatic carbocycles. The van der Waals surface area contributed by atoms with Crippen LogP contribution in [0.1, 0.15) is 23.0 Å². The molecule has 1 heterocycles. The molecular weight excluding hydrogens is 382 g/mol. The maximum atomic E-state index is 12.7. The lowest BCUT2D eigenvalue weighted by Gasteiger charge is -2.20. The molecule has 0 aliphatic rings. The van der Waals surface area contributed by atoms with E-state index in [0.29, 0.717) is 17.3 Å². The zero-order chi connectivity index (χ0) is 21.5. The number of methoxy groups -OCH3 is 3. The van der Waals surface area contributed by atoms with Crippen LogP contribution in [0.4, 0.5) is 0 Å². The summed E-state index contributed by atoms with van der Waals surface area (Å²) in [4.78, 5) is 17.1. The van der Waals surface area contributed by atoms with Crippen molar-refractivity contribution in [3.05, 3.63) is 77.9 Å². The highest BCUT2D eigenvalue weighted by molar-refractivity contribution is 5.92. The Morgan fingerprint density at radius 3 is 2.17 bits per heavy atom. The monoisotopic (exact) mass is 407 g/mol. The van der Waals surface area contributed by atoms with Crippen LogP contribution >= 0.6 is 0 Å². The number of amides is 1. The highest BCUT2D eigenvalue weighted by Gasteiger charge is 2.21. The number of imidazole rings is 1. The fraction of sp³-hybridized carbons (Fsp3) is 0.217. The summed E-state index contributed by atoms with van der Waals surface area (Å²) in [5.74, 6) is 2.47. The fourth-order valence-corrected chi connectivity index (χ4v) is 3.03. The van der Waals surface area contributed by atoms with Crippen LogP contribution < -0.4 is 19.5 Å². The Kier molecular flexibility index (Phi) is 6.75. The highest BCUT2D eigenvalue weighted by atomic mass is 16.5. The third-order valence-corrected chi connectivity index (χ3v) is 4.65. The van der Waals surface area contributed by atoms with Crippen molar-refractivity contribution < 1.29 is 19.0 Å². The minimum absolute atomic E-state index is 0.249. The Bertz CT molecular complexity index is 1000. The van der Waals surface area contributed by atoms with Crippen LogP contribution in [0.5, 0.6) is 17.2 Å². The molecule has 1 N–H and O–H groups in total. The second-order valence-corrected chi connectivity index (χ2v) is 6.59. The first-order chi connectivity index (χ1) is 14.5. The molecule has 0 bridgehead atoms. The lowest BCUT2D eigenvalue weighted by Crippen LogP contribution is -2.29. The topological polar surface area (TPSA) is 74.6 Å². The fourth-order valence-electron chi connectivity index (χ4n) is 3.03. The van der Waals surface area contributed by atoms with Gasteiger partial charge in [-0.1, -0.05) is 12.1 Å². The van der Waals surface area contributed by atoms with E-state index in [-0.39, 0.29) is 5.91 Å². The Hall–Kier alpha value is -3.74. The molecule has 0 fully saturated rings. The van der Waals surface area contributed by atoms with Gasteiger partial charge in [0, 0.05) is 31.6 Å². The quantitative estimate of drug-likeness (QED) is 0.580. The van der Waals surface area contributed by atoms with E-state index in [1.54, 1.807) is 39.7 Å². The SMILES string of the molecule is COc1ccc(C=CC(=O)NC(c2cc(OC)cc(OC)c2)c2nccn2C)cc1. The van der Waals surface area contributed by atoms with Gasteiger partial charge in [0.25, 0.3) is 0 Å². The van der Waals surface area contributed by atoms with Gasteiger partial charge in [-0.3, -0.25) is 4.79 Å². The molecule has 0 radical (unpaired) electrons. The molecule has 30 heavy (non-hydrogen) atoms. The molecule has 7 heteroatoms. The Morgan fingerprint density at radius 2 is 1.63 bits per heavy atom.